The zero-order valence-electron chi connectivity index (χ0n) is 15.9. The van der Waals surface area contributed by atoms with Gasteiger partial charge in [0.2, 0.25) is 0 Å². The molecule has 0 unspecified atom stereocenters. The number of aldehydes is 1. The average molecular weight is 407 g/mol. The Morgan fingerprint density at radius 3 is 2.13 bits per heavy atom. The number of nitrogens with one attached hydrogen (secondary N) is 1. The summed E-state index contributed by atoms with van der Waals surface area (Å²) in [5, 5.41) is 2.56. The van der Waals surface area contributed by atoms with E-state index in [2.05, 4.69) is 10.1 Å². The lowest BCUT2D eigenvalue weighted by molar-refractivity contribution is -0.119. The standard InChI is InChI=1S/C22H17NO7/c1-28-21(26)15-6-8-17(9-7-15)23-20(25)13-29-22(27)16-4-2-14(3-5-16)19-11-10-18(12-24)30-19/h2-12H,13H2,1H3,(H,23,25). The zero-order valence-corrected chi connectivity index (χ0v) is 15.9. The summed E-state index contributed by atoms with van der Waals surface area (Å²) in [6, 6.07) is 15.6. The Balaban J connectivity index is 1.52. The molecule has 3 aromatic rings. The summed E-state index contributed by atoms with van der Waals surface area (Å²) >= 11 is 0. The second-order valence-corrected chi connectivity index (χ2v) is 6.09. The van der Waals surface area contributed by atoms with Gasteiger partial charge in [0.05, 0.1) is 18.2 Å². The second-order valence-electron chi connectivity index (χ2n) is 6.09. The van der Waals surface area contributed by atoms with Crippen molar-refractivity contribution in [3.05, 3.63) is 77.6 Å². The Morgan fingerprint density at radius 2 is 1.53 bits per heavy atom. The fourth-order valence-electron chi connectivity index (χ4n) is 2.56. The minimum absolute atomic E-state index is 0.208. The van der Waals surface area contributed by atoms with E-state index in [1.807, 2.05) is 0 Å². The van der Waals surface area contributed by atoms with Crippen molar-refractivity contribution in [3.63, 3.8) is 0 Å². The lowest BCUT2D eigenvalue weighted by Gasteiger charge is -2.07. The number of hydrogen-bond donors (Lipinski definition) is 1. The third-order valence-corrected chi connectivity index (χ3v) is 4.07. The first-order valence-electron chi connectivity index (χ1n) is 8.81. The van der Waals surface area contributed by atoms with E-state index in [-0.39, 0.29) is 11.3 Å². The lowest BCUT2D eigenvalue weighted by Crippen LogP contribution is -2.21. The first-order chi connectivity index (χ1) is 14.5. The zero-order chi connectivity index (χ0) is 21.5. The van der Waals surface area contributed by atoms with Gasteiger partial charge in [0.25, 0.3) is 5.91 Å². The monoisotopic (exact) mass is 407 g/mol. The van der Waals surface area contributed by atoms with Crippen molar-refractivity contribution in [3.8, 4) is 11.3 Å². The molecule has 30 heavy (non-hydrogen) atoms. The highest BCUT2D eigenvalue weighted by Crippen LogP contribution is 2.22. The molecule has 0 saturated carbocycles. The molecule has 0 aliphatic heterocycles. The summed E-state index contributed by atoms with van der Waals surface area (Å²) in [5.41, 5.74) is 1.74. The van der Waals surface area contributed by atoms with Crippen LogP contribution in [0.4, 0.5) is 5.69 Å². The third kappa shape index (κ3) is 4.99. The second kappa shape index (κ2) is 9.33. The maximum atomic E-state index is 12.1. The highest BCUT2D eigenvalue weighted by atomic mass is 16.5. The fraction of sp³-hybridized carbons (Fsp3) is 0.0909. The SMILES string of the molecule is COC(=O)c1ccc(NC(=O)COC(=O)c2ccc(-c3ccc(C=O)o3)cc2)cc1. The summed E-state index contributed by atoms with van der Waals surface area (Å²) in [4.78, 5) is 46.2. The molecule has 0 aliphatic rings. The van der Waals surface area contributed by atoms with E-state index in [0.29, 0.717) is 28.9 Å². The molecular weight excluding hydrogens is 390 g/mol. The van der Waals surface area contributed by atoms with Crippen molar-refractivity contribution in [1.82, 2.24) is 0 Å². The van der Waals surface area contributed by atoms with Crippen LogP contribution < -0.4 is 5.32 Å². The number of amides is 1. The van der Waals surface area contributed by atoms with Crippen LogP contribution in [0, 0.1) is 0 Å². The first kappa shape index (κ1) is 20.5. The van der Waals surface area contributed by atoms with Crippen molar-refractivity contribution >= 4 is 29.8 Å². The van der Waals surface area contributed by atoms with E-state index in [1.165, 1.54) is 43.5 Å². The summed E-state index contributed by atoms with van der Waals surface area (Å²) in [6.07, 6.45) is 0.605. The molecule has 0 fully saturated rings. The number of anilines is 1. The van der Waals surface area contributed by atoms with Crippen LogP contribution in [0.1, 0.15) is 31.3 Å². The van der Waals surface area contributed by atoms with Crippen LogP contribution in [0.3, 0.4) is 0 Å². The van der Waals surface area contributed by atoms with Gasteiger partial charge in [-0.2, -0.15) is 0 Å². The predicted molar refractivity (Wildman–Crippen MR) is 106 cm³/mol. The summed E-state index contributed by atoms with van der Waals surface area (Å²) in [6.45, 7) is -0.472. The van der Waals surface area contributed by atoms with Gasteiger partial charge in [0.15, 0.2) is 18.7 Å². The fourth-order valence-corrected chi connectivity index (χ4v) is 2.56. The third-order valence-electron chi connectivity index (χ3n) is 4.07. The van der Waals surface area contributed by atoms with Crippen molar-refractivity contribution in [2.45, 2.75) is 0 Å². The highest BCUT2D eigenvalue weighted by Gasteiger charge is 2.12. The molecule has 0 bridgehead atoms. The number of hydrogen-bond acceptors (Lipinski definition) is 7. The number of carbonyl (C=O) groups is 4. The van der Waals surface area contributed by atoms with Crippen LogP contribution in [-0.2, 0) is 14.3 Å². The van der Waals surface area contributed by atoms with Crippen LogP contribution in [-0.4, -0.2) is 37.8 Å². The molecule has 2 aromatic carbocycles. The van der Waals surface area contributed by atoms with Gasteiger partial charge in [-0.3, -0.25) is 9.59 Å². The Hall–Kier alpha value is -4.20. The minimum Gasteiger partial charge on any atom is -0.465 e. The Kier molecular flexibility index (Phi) is 6.39. The molecule has 8 heteroatoms. The van der Waals surface area contributed by atoms with E-state index >= 15 is 0 Å². The van der Waals surface area contributed by atoms with Crippen molar-refractivity contribution < 1.29 is 33.1 Å². The van der Waals surface area contributed by atoms with Gasteiger partial charge in [-0.15, -0.1) is 0 Å². The molecule has 3 rings (SSSR count). The van der Waals surface area contributed by atoms with Gasteiger partial charge in [0, 0.05) is 11.3 Å². The Bertz CT molecular complexity index is 1070. The van der Waals surface area contributed by atoms with E-state index in [1.54, 1.807) is 24.3 Å². The van der Waals surface area contributed by atoms with Crippen LogP contribution in [0.2, 0.25) is 0 Å². The molecule has 0 saturated heterocycles. The van der Waals surface area contributed by atoms with Crippen molar-refractivity contribution in [2.75, 3.05) is 19.0 Å². The molecule has 152 valence electrons. The number of ether oxygens (including phenoxy) is 2. The molecule has 0 spiro atoms. The van der Waals surface area contributed by atoms with Crippen LogP contribution >= 0.6 is 0 Å². The Morgan fingerprint density at radius 1 is 0.900 bits per heavy atom. The Labute approximate surface area is 171 Å². The van der Waals surface area contributed by atoms with Gasteiger partial charge in [-0.1, -0.05) is 12.1 Å². The molecule has 0 radical (unpaired) electrons. The summed E-state index contributed by atoms with van der Waals surface area (Å²) in [5.74, 6) is -0.966. The smallest absolute Gasteiger partial charge is 0.338 e. The van der Waals surface area contributed by atoms with Crippen molar-refractivity contribution in [2.24, 2.45) is 0 Å². The maximum absolute atomic E-state index is 12.1. The number of rotatable bonds is 7. The molecule has 0 aliphatic carbocycles. The summed E-state index contributed by atoms with van der Waals surface area (Å²) in [7, 11) is 1.28. The number of furan rings is 1. The topological polar surface area (TPSA) is 112 Å². The highest BCUT2D eigenvalue weighted by molar-refractivity contribution is 5.96. The molecule has 0 atom stereocenters. The first-order valence-corrected chi connectivity index (χ1v) is 8.81. The lowest BCUT2D eigenvalue weighted by atomic mass is 10.1. The summed E-state index contributed by atoms with van der Waals surface area (Å²) < 4.78 is 14.9. The van der Waals surface area contributed by atoms with Crippen LogP contribution in [0.5, 0.6) is 0 Å². The largest absolute Gasteiger partial charge is 0.465 e. The van der Waals surface area contributed by atoms with Gasteiger partial charge in [0.1, 0.15) is 5.76 Å². The average Bonchev–Trinajstić information content (AvgIpc) is 3.27. The van der Waals surface area contributed by atoms with Gasteiger partial charge in [-0.05, 0) is 48.5 Å². The maximum Gasteiger partial charge on any atom is 0.338 e. The van der Waals surface area contributed by atoms with Crippen molar-refractivity contribution in [1.29, 1.82) is 0 Å². The number of methoxy groups -OCH3 is 1. The quantitative estimate of drug-likeness (QED) is 0.472. The van der Waals surface area contributed by atoms with Gasteiger partial charge < -0.3 is 19.2 Å². The number of esters is 2. The van der Waals surface area contributed by atoms with E-state index in [9.17, 15) is 19.2 Å². The van der Waals surface area contributed by atoms with E-state index in [4.69, 9.17) is 9.15 Å². The molecule has 8 nitrogen and oxygen atoms in total. The molecule has 1 N–H and O–H groups in total. The molecular formula is C22H17NO7. The normalized spacial score (nSPS) is 10.2. The van der Waals surface area contributed by atoms with Crippen LogP contribution in [0.15, 0.2) is 65.1 Å². The minimum atomic E-state index is -0.661. The van der Waals surface area contributed by atoms with Crippen LogP contribution in [0.25, 0.3) is 11.3 Å². The predicted octanol–water partition coefficient (Wildman–Crippen LogP) is 3.34. The number of carbonyl (C=O) groups excluding carboxylic acids is 4. The molecule has 1 aromatic heterocycles. The molecule has 1 heterocycles. The van der Waals surface area contributed by atoms with Gasteiger partial charge in [-0.25, -0.2) is 9.59 Å². The van der Waals surface area contributed by atoms with E-state index in [0.717, 1.165) is 0 Å². The molecule has 1 amide bonds. The van der Waals surface area contributed by atoms with Gasteiger partial charge >= 0.3 is 11.9 Å². The van der Waals surface area contributed by atoms with E-state index < -0.39 is 24.5 Å². The number of benzene rings is 2.